The maximum absolute atomic E-state index is 12.9. The van der Waals surface area contributed by atoms with E-state index >= 15 is 0 Å². The molecule has 160 valence electrons. The summed E-state index contributed by atoms with van der Waals surface area (Å²) in [5.41, 5.74) is 3.11. The number of rotatable bonds is 5. The number of benzene rings is 3. The minimum Gasteiger partial charge on any atom is -0.489 e. The van der Waals surface area contributed by atoms with Gasteiger partial charge in [-0.3, -0.25) is 14.9 Å². The summed E-state index contributed by atoms with van der Waals surface area (Å²) in [5.74, 6) is -0.742. The molecule has 0 bridgehead atoms. The molecule has 1 N–H and O–H groups in total. The number of anilines is 1. The van der Waals surface area contributed by atoms with Crippen molar-refractivity contribution in [1.82, 2.24) is 5.32 Å². The average molecular weight is 491 g/mol. The van der Waals surface area contributed by atoms with Crippen LogP contribution < -0.4 is 15.0 Å². The van der Waals surface area contributed by atoms with Crippen LogP contribution in [0.2, 0.25) is 0 Å². The number of hydrogen-bond acceptors (Lipinski definition) is 4. The fourth-order valence-corrected chi connectivity index (χ4v) is 3.54. The lowest BCUT2D eigenvalue weighted by Gasteiger charge is -2.26. The van der Waals surface area contributed by atoms with Gasteiger partial charge in [0, 0.05) is 4.47 Å². The predicted octanol–water partition coefficient (Wildman–Crippen LogP) is 5.00. The Morgan fingerprint density at radius 2 is 1.69 bits per heavy atom. The Morgan fingerprint density at radius 1 is 0.969 bits per heavy atom. The number of ether oxygens (including phenoxy) is 1. The Hall–Kier alpha value is -3.71. The van der Waals surface area contributed by atoms with Gasteiger partial charge in [0.1, 0.15) is 17.9 Å². The zero-order valence-electron chi connectivity index (χ0n) is 17.2. The molecule has 0 atom stereocenters. The molecule has 1 aliphatic rings. The van der Waals surface area contributed by atoms with Crippen LogP contribution in [0.5, 0.6) is 5.75 Å². The minimum absolute atomic E-state index is 0.124. The van der Waals surface area contributed by atoms with Crippen molar-refractivity contribution in [1.29, 1.82) is 0 Å². The minimum atomic E-state index is -0.778. The van der Waals surface area contributed by atoms with E-state index in [1.165, 1.54) is 11.6 Å². The van der Waals surface area contributed by atoms with Crippen molar-refractivity contribution < 1.29 is 19.1 Å². The van der Waals surface area contributed by atoms with Crippen LogP contribution in [0, 0.1) is 6.92 Å². The second-order valence-electron chi connectivity index (χ2n) is 7.28. The van der Waals surface area contributed by atoms with E-state index in [0.717, 1.165) is 14.9 Å². The Labute approximate surface area is 193 Å². The van der Waals surface area contributed by atoms with Crippen molar-refractivity contribution in [3.8, 4) is 5.75 Å². The van der Waals surface area contributed by atoms with Crippen molar-refractivity contribution in [3.05, 3.63) is 99.5 Å². The van der Waals surface area contributed by atoms with Gasteiger partial charge in [0.15, 0.2) is 0 Å². The lowest BCUT2D eigenvalue weighted by Crippen LogP contribution is -2.54. The Bertz CT molecular complexity index is 1220. The van der Waals surface area contributed by atoms with Gasteiger partial charge in [-0.25, -0.2) is 9.69 Å². The van der Waals surface area contributed by atoms with E-state index in [1.807, 2.05) is 25.1 Å². The summed E-state index contributed by atoms with van der Waals surface area (Å²) in [4.78, 5) is 38.5. The van der Waals surface area contributed by atoms with Gasteiger partial charge < -0.3 is 4.74 Å². The van der Waals surface area contributed by atoms with E-state index in [0.29, 0.717) is 23.6 Å². The van der Waals surface area contributed by atoms with Crippen LogP contribution in [0.1, 0.15) is 16.7 Å². The molecule has 4 rings (SSSR count). The zero-order chi connectivity index (χ0) is 22.7. The predicted molar refractivity (Wildman–Crippen MR) is 125 cm³/mol. The molecule has 4 amide bonds. The van der Waals surface area contributed by atoms with Gasteiger partial charge in [-0.2, -0.15) is 0 Å². The van der Waals surface area contributed by atoms with Crippen LogP contribution in [0.25, 0.3) is 6.08 Å². The van der Waals surface area contributed by atoms with Crippen LogP contribution in [0.15, 0.2) is 82.8 Å². The van der Waals surface area contributed by atoms with Crippen LogP contribution in [-0.4, -0.2) is 17.8 Å². The lowest BCUT2D eigenvalue weighted by molar-refractivity contribution is -0.122. The number of hydrogen-bond donors (Lipinski definition) is 1. The van der Waals surface area contributed by atoms with E-state index in [9.17, 15) is 14.4 Å². The molecule has 7 heteroatoms. The van der Waals surface area contributed by atoms with Gasteiger partial charge in [0.05, 0.1) is 5.69 Å². The highest BCUT2D eigenvalue weighted by atomic mass is 79.9. The highest BCUT2D eigenvalue weighted by Gasteiger charge is 2.36. The van der Waals surface area contributed by atoms with Crippen molar-refractivity contribution in [3.63, 3.8) is 0 Å². The molecule has 0 aliphatic carbocycles. The molecule has 6 nitrogen and oxygen atoms in total. The average Bonchev–Trinajstić information content (AvgIpc) is 2.77. The standard InChI is InChI=1S/C25H19BrN2O4/c1-16-3-2-4-18(13-16)15-32-21-11-5-17(6-12-21)14-22-23(29)27-25(31)28(24(22)30)20-9-7-19(26)8-10-20/h2-14H,15H2,1H3,(H,27,29,31). The largest absolute Gasteiger partial charge is 0.489 e. The quantitative estimate of drug-likeness (QED) is 0.403. The second kappa shape index (κ2) is 9.20. The highest BCUT2D eigenvalue weighted by molar-refractivity contribution is 9.10. The molecule has 0 unspecified atom stereocenters. The number of urea groups is 1. The second-order valence-corrected chi connectivity index (χ2v) is 8.20. The van der Waals surface area contributed by atoms with Gasteiger partial charge in [-0.05, 0) is 60.5 Å². The molecule has 1 aliphatic heterocycles. The number of carbonyl (C=O) groups is 3. The van der Waals surface area contributed by atoms with Gasteiger partial charge >= 0.3 is 6.03 Å². The zero-order valence-corrected chi connectivity index (χ0v) is 18.8. The number of amides is 4. The molecule has 0 aromatic heterocycles. The summed E-state index contributed by atoms with van der Waals surface area (Å²) in [7, 11) is 0. The van der Waals surface area contributed by atoms with Crippen molar-refractivity contribution in [2.75, 3.05) is 4.90 Å². The van der Waals surface area contributed by atoms with Gasteiger partial charge in [-0.1, -0.05) is 57.9 Å². The molecular formula is C25H19BrN2O4. The summed E-state index contributed by atoms with van der Waals surface area (Å²) < 4.78 is 6.62. The maximum Gasteiger partial charge on any atom is 0.335 e. The smallest absolute Gasteiger partial charge is 0.335 e. The first-order valence-electron chi connectivity index (χ1n) is 9.86. The molecule has 0 radical (unpaired) electrons. The third-order valence-electron chi connectivity index (χ3n) is 4.87. The Kier molecular flexibility index (Phi) is 6.18. The first-order chi connectivity index (χ1) is 15.4. The third-order valence-corrected chi connectivity index (χ3v) is 5.39. The number of nitrogens with zero attached hydrogens (tertiary/aromatic N) is 1. The van der Waals surface area contributed by atoms with Crippen molar-refractivity contribution >= 4 is 45.5 Å². The van der Waals surface area contributed by atoms with Crippen LogP contribution >= 0.6 is 15.9 Å². The summed E-state index contributed by atoms with van der Waals surface area (Å²) in [6.45, 7) is 2.47. The van der Waals surface area contributed by atoms with E-state index in [-0.39, 0.29) is 5.57 Å². The van der Waals surface area contributed by atoms with Gasteiger partial charge in [-0.15, -0.1) is 0 Å². The molecule has 0 spiro atoms. The summed E-state index contributed by atoms with van der Waals surface area (Å²) in [5, 5.41) is 2.22. The van der Waals surface area contributed by atoms with Crippen LogP contribution in [0.4, 0.5) is 10.5 Å². The third kappa shape index (κ3) is 4.78. The molecule has 1 saturated heterocycles. The number of aryl methyl sites for hydroxylation is 1. The summed E-state index contributed by atoms with van der Waals surface area (Å²) >= 11 is 3.32. The van der Waals surface area contributed by atoms with Crippen molar-refractivity contribution in [2.24, 2.45) is 0 Å². The van der Waals surface area contributed by atoms with E-state index in [1.54, 1.807) is 48.5 Å². The van der Waals surface area contributed by atoms with Crippen LogP contribution in [-0.2, 0) is 16.2 Å². The van der Waals surface area contributed by atoms with Crippen LogP contribution in [0.3, 0.4) is 0 Å². The first-order valence-corrected chi connectivity index (χ1v) is 10.7. The molecule has 3 aromatic carbocycles. The van der Waals surface area contributed by atoms with Gasteiger partial charge in [0.2, 0.25) is 0 Å². The van der Waals surface area contributed by atoms with E-state index in [4.69, 9.17) is 4.74 Å². The number of barbiturate groups is 1. The Balaban J connectivity index is 1.51. The number of carbonyl (C=O) groups excluding carboxylic acids is 3. The fourth-order valence-electron chi connectivity index (χ4n) is 3.28. The first kappa shape index (κ1) is 21.5. The molecule has 1 heterocycles. The van der Waals surface area contributed by atoms with E-state index in [2.05, 4.69) is 27.3 Å². The maximum atomic E-state index is 12.9. The summed E-state index contributed by atoms with van der Waals surface area (Å²) in [6.07, 6.45) is 1.46. The Morgan fingerprint density at radius 3 is 2.38 bits per heavy atom. The van der Waals surface area contributed by atoms with E-state index < -0.39 is 17.8 Å². The molecule has 3 aromatic rings. The number of nitrogens with one attached hydrogen (secondary N) is 1. The highest BCUT2D eigenvalue weighted by Crippen LogP contribution is 2.24. The number of halogens is 1. The summed E-state index contributed by atoms with van der Waals surface area (Å²) in [6, 6.07) is 21.0. The monoisotopic (exact) mass is 490 g/mol. The topological polar surface area (TPSA) is 75.7 Å². The van der Waals surface area contributed by atoms with Crippen molar-refractivity contribution in [2.45, 2.75) is 13.5 Å². The molecule has 32 heavy (non-hydrogen) atoms. The molecular weight excluding hydrogens is 472 g/mol. The van der Waals surface area contributed by atoms with Gasteiger partial charge in [0.25, 0.3) is 11.8 Å². The molecule has 1 fully saturated rings. The normalized spacial score (nSPS) is 15.1. The number of imide groups is 2. The lowest BCUT2D eigenvalue weighted by atomic mass is 10.1. The fraction of sp³-hybridized carbons (Fsp3) is 0.0800. The molecule has 0 saturated carbocycles. The SMILES string of the molecule is Cc1cccc(COc2ccc(C=C3C(=O)NC(=O)N(c4ccc(Br)cc4)C3=O)cc2)c1.